The summed E-state index contributed by atoms with van der Waals surface area (Å²) >= 11 is 0. The van der Waals surface area contributed by atoms with Crippen molar-refractivity contribution in [1.29, 1.82) is 5.26 Å². The number of carboxylic acids is 1. The molecule has 0 radical (unpaired) electrons. The number of carboxylic acid groups (broad SMARTS) is 1. The molecule has 1 aromatic heterocycles. The second-order valence-corrected chi connectivity index (χ2v) is 3.19. The molecular weight excluding hydrogens is 214 g/mol. The standard InChI is InChI=1S/C9H9N3O4/c10-5-6-8(12-1-3-15-4-2-12)16-7(11-6)9(13)14/h1-4H2,(H,13,14). The summed E-state index contributed by atoms with van der Waals surface area (Å²) in [5, 5.41) is 17.5. The van der Waals surface area contributed by atoms with Gasteiger partial charge in [-0.3, -0.25) is 0 Å². The van der Waals surface area contributed by atoms with E-state index >= 15 is 0 Å². The molecule has 1 fully saturated rings. The van der Waals surface area contributed by atoms with Crippen LogP contribution in [0, 0.1) is 11.3 Å². The van der Waals surface area contributed by atoms with Crippen LogP contribution in [-0.2, 0) is 4.74 Å². The third-order valence-electron chi connectivity index (χ3n) is 2.20. The summed E-state index contributed by atoms with van der Waals surface area (Å²) in [5.41, 5.74) is -0.000648. The fourth-order valence-electron chi connectivity index (χ4n) is 1.46. The lowest BCUT2D eigenvalue weighted by molar-refractivity contribution is 0.0653. The predicted octanol–water partition coefficient (Wildman–Crippen LogP) is 0.0811. The molecule has 84 valence electrons. The molecular formula is C9H9N3O4. The molecule has 16 heavy (non-hydrogen) atoms. The Hall–Kier alpha value is -2.07. The molecule has 2 heterocycles. The van der Waals surface area contributed by atoms with Gasteiger partial charge in [-0.2, -0.15) is 10.2 Å². The molecule has 0 atom stereocenters. The lowest BCUT2D eigenvalue weighted by atomic mass is 10.4. The number of rotatable bonds is 2. The highest BCUT2D eigenvalue weighted by Crippen LogP contribution is 2.22. The quantitative estimate of drug-likeness (QED) is 0.757. The van der Waals surface area contributed by atoms with E-state index in [1.165, 1.54) is 0 Å². The van der Waals surface area contributed by atoms with E-state index in [-0.39, 0.29) is 11.6 Å². The predicted molar refractivity (Wildman–Crippen MR) is 51.2 cm³/mol. The van der Waals surface area contributed by atoms with Crippen molar-refractivity contribution in [1.82, 2.24) is 4.98 Å². The van der Waals surface area contributed by atoms with Gasteiger partial charge in [0.05, 0.1) is 13.2 Å². The summed E-state index contributed by atoms with van der Waals surface area (Å²) in [4.78, 5) is 16.0. The summed E-state index contributed by atoms with van der Waals surface area (Å²) in [6, 6.07) is 1.82. The van der Waals surface area contributed by atoms with Crippen LogP contribution >= 0.6 is 0 Å². The van der Waals surface area contributed by atoms with Crippen molar-refractivity contribution in [3.8, 4) is 6.07 Å². The maximum absolute atomic E-state index is 10.7. The third-order valence-corrected chi connectivity index (χ3v) is 2.20. The van der Waals surface area contributed by atoms with Crippen LogP contribution in [0.4, 0.5) is 5.88 Å². The summed E-state index contributed by atoms with van der Waals surface area (Å²) in [6.07, 6.45) is 0. The number of hydrogen-bond acceptors (Lipinski definition) is 6. The number of ether oxygens (including phenoxy) is 1. The summed E-state index contributed by atoms with van der Waals surface area (Å²) in [6.45, 7) is 2.16. The van der Waals surface area contributed by atoms with Crippen molar-refractivity contribution in [2.45, 2.75) is 0 Å². The number of nitriles is 1. The zero-order chi connectivity index (χ0) is 11.5. The first-order valence-corrected chi connectivity index (χ1v) is 4.69. The lowest BCUT2D eigenvalue weighted by Crippen LogP contribution is -2.36. The fourth-order valence-corrected chi connectivity index (χ4v) is 1.46. The molecule has 7 nitrogen and oxygen atoms in total. The minimum absolute atomic E-state index is 0.000648. The number of aromatic nitrogens is 1. The van der Waals surface area contributed by atoms with Gasteiger partial charge in [0, 0.05) is 13.1 Å². The van der Waals surface area contributed by atoms with Crippen LogP contribution in [0.5, 0.6) is 0 Å². The molecule has 2 rings (SSSR count). The van der Waals surface area contributed by atoms with E-state index < -0.39 is 11.9 Å². The number of nitrogens with zero attached hydrogens (tertiary/aromatic N) is 3. The molecule has 1 saturated heterocycles. The van der Waals surface area contributed by atoms with Gasteiger partial charge in [0.25, 0.3) is 0 Å². The maximum Gasteiger partial charge on any atom is 0.392 e. The van der Waals surface area contributed by atoms with Crippen LogP contribution in [0.1, 0.15) is 16.4 Å². The van der Waals surface area contributed by atoms with Crippen LogP contribution in [-0.4, -0.2) is 42.4 Å². The van der Waals surface area contributed by atoms with E-state index in [9.17, 15) is 4.79 Å². The fraction of sp³-hybridized carbons (Fsp3) is 0.444. The number of anilines is 1. The molecule has 7 heteroatoms. The third kappa shape index (κ3) is 1.83. The zero-order valence-corrected chi connectivity index (χ0v) is 8.34. The van der Waals surface area contributed by atoms with E-state index in [2.05, 4.69) is 4.98 Å². The first-order chi connectivity index (χ1) is 7.72. The van der Waals surface area contributed by atoms with Crippen molar-refractivity contribution in [2.24, 2.45) is 0 Å². The Bertz CT molecular complexity index is 442. The van der Waals surface area contributed by atoms with Gasteiger partial charge in [0.1, 0.15) is 6.07 Å². The molecule has 0 amide bonds. The Morgan fingerprint density at radius 1 is 1.50 bits per heavy atom. The van der Waals surface area contributed by atoms with Gasteiger partial charge in [0.2, 0.25) is 11.6 Å². The Kier molecular flexibility index (Phi) is 2.74. The van der Waals surface area contributed by atoms with Gasteiger partial charge in [-0.1, -0.05) is 0 Å². The highest BCUT2D eigenvalue weighted by Gasteiger charge is 2.23. The zero-order valence-electron chi connectivity index (χ0n) is 8.34. The minimum atomic E-state index is -1.28. The van der Waals surface area contributed by atoms with Crippen molar-refractivity contribution >= 4 is 11.9 Å². The Morgan fingerprint density at radius 2 is 2.19 bits per heavy atom. The van der Waals surface area contributed by atoms with Crippen molar-refractivity contribution in [3.05, 3.63) is 11.6 Å². The van der Waals surface area contributed by atoms with Gasteiger partial charge >= 0.3 is 11.9 Å². The Labute approximate surface area is 90.9 Å². The smallest absolute Gasteiger partial charge is 0.392 e. The van der Waals surface area contributed by atoms with Gasteiger partial charge in [0.15, 0.2) is 0 Å². The molecule has 1 aliphatic heterocycles. The van der Waals surface area contributed by atoms with Crippen LogP contribution < -0.4 is 4.90 Å². The number of morpholine rings is 1. The molecule has 0 spiro atoms. The van der Waals surface area contributed by atoms with Gasteiger partial charge in [-0.25, -0.2) is 4.79 Å². The van der Waals surface area contributed by atoms with E-state index in [0.29, 0.717) is 26.3 Å². The number of hydrogen-bond donors (Lipinski definition) is 1. The van der Waals surface area contributed by atoms with E-state index in [4.69, 9.17) is 19.5 Å². The first kappa shape index (κ1) is 10.4. The SMILES string of the molecule is N#Cc1nc(C(=O)O)oc1N1CCOCC1. The van der Waals surface area contributed by atoms with Gasteiger partial charge in [-0.05, 0) is 0 Å². The maximum atomic E-state index is 10.7. The first-order valence-electron chi connectivity index (χ1n) is 4.69. The molecule has 0 aromatic carbocycles. The molecule has 1 aliphatic rings. The number of oxazole rings is 1. The number of aromatic carboxylic acids is 1. The van der Waals surface area contributed by atoms with Crippen LogP contribution in [0.3, 0.4) is 0 Å². The van der Waals surface area contributed by atoms with E-state index in [0.717, 1.165) is 0 Å². The molecule has 1 N–H and O–H groups in total. The average molecular weight is 223 g/mol. The molecule has 0 saturated carbocycles. The van der Waals surface area contributed by atoms with Crippen molar-refractivity contribution < 1.29 is 19.1 Å². The molecule has 0 bridgehead atoms. The summed E-state index contributed by atoms with van der Waals surface area (Å²) in [5.74, 6) is -1.53. The van der Waals surface area contributed by atoms with Gasteiger partial charge < -0.3 is 19.2 Å². The second kappa shape index (κ2) is 4.20. The Morgan fingerprint density at radius 3 is 2.75 bits per heavy atom. The largest absolute Gasteiger partial charge is 0.474 e. The van der Waals surface area contributed by atoms with Crippen LogP contribution in [0.15, 0.2) is 4.42 Å². The highest BCUT2D eigenvalue weighted by atomic mass is 16.5. The second-order valence-electron chi connectivity index (χ2n) is 3.19. The Balaban J connectivity index is 2.31. The van der Waals surface area contributed by atoms with Gasteiger partial charge in [-0.15, -0.1) is 0 Å². The topological polar surface area (TPSA) is 99.6 Å². The average Bonchev–Trinajstić information content (AvgIpc) is 2.74. The lowest BCUT2D eigenvalue weighted by Gasteiger charge is -2.25. The molecule has 1 aromatic rings. The van der Waals surface area contributed by atoms with E-state index in [1.807, 2.05) is 6.07 Å². The summed E-state index contributed by atoms with van der Waals surface area (Å²) < 4.78 is 10.2. The van der Waals surface area contributed by atoms with Crippen LogP contribution in [0.2, 0.25) is 0 Å². The van der Waals surface area contributed by atoms with E-state index in [1.54, 1.807) is 4.90 Å². The summed E-state index contributed by atoms with van der Waals surface area (Å²) in [7, 11) is 0. The number of carbonyl (C=O) groups is 1. The molecule has 0 aliphatic carbocycles. The monoisotopic (exact) mass is 223 g/mol. The van der Waals surface area contributed by atoms with Crippen molar-refractivity contribution in [2.75, 3.05) is 31.2 Å². The molecule has 0 unspecified atom stereocenters. The van der Waals surface area contributed by atoms with Crippen LogP contribution in [0.25, 0.3) is 0 Å². The highest BCUT2D eigenvalue weighted by molar-refractivity contribution is 5.83. The minimum Gasteiger partial charge on any atom is -0.474 e. The van der Waals surface area contributed by atoms with Crippen molar-refractivity contribution in [3.63, 3.8) is 0 Å². The normalized spacial score (nSPS) is 15.8.